The molecule has 1 nitrogen and oxygen atoms in total. The van der Waals surface area contributed by atoms with Gasteiger partial charge in [0.1, 0.15) is 0 Å². The van der Waals surface area contributed by atoms with E-state index < -0.39 is 8.32 Å². The first-order valence-corrected chi connectivity index (χ1v) is 10.6. The van der Waals surface area contributed by atoms with Crippen molar-refractivity contribution in [3.63, 3.8) is 0 Å². The lowest BCUT2D eigenvalue weighted by molar-refractivity contribution is 0.342. The largest absolute Gasteiger partial charge is 0.419 e. The fraction of sp³-hybridized carbons (Fsp3) is 1.00. The van der Waals surface area contributed by atoms with E-state index in [4.69, 9.17) is 4.43 Å². The maximum absolute atomic E-state index is 6.53. The van der Waals surface area contributed by atoms with Gasteiger partial charge in [0.05, 0.1) is 0 Å². The van der Waals surface area contributed by atoms with Gasteiger partial charge in [-0.15, -0.1) is 0 Å². The molecule has 0 N–H and O–H groups in total. The van der Waals surface area contributed by atoms with Gasteiger partial charge in [0, 0.05) is 7.11 Å². The molecule has 0 aromatic heterocycles. The maximum atomic E-state index is 6.53. The van der Waals surface area contributed by atoms with Crippen molar-refractivity contribution in [2.24, 2.45) is 0 Å². The molecule has 3 aliphatic carbocycles. The molecule has 0 atom stereocenters. The van der Waals surface area contributed by atoms with Crippen LogP contribution in [0.4, 0.5) is 0 Å². The van der Waals surface area contributed by atoms with Crippen molar-refractivity contribution in [3.8, 4) is 0 Å². The highest BCUT2D eigenvalue weighted by atomic mass is 28.4. The first kappa shape index (κ1) is 13.2. The van der Waals surface area contributed by atoms with Crippen molar-refractivity contribution in [1.29, 1.82) is 0 Å². The van der Waals surface area contributed by atoms with Crippen molar-refractivity contribution in [2.75, 3.05) is 7.11 Å². The average Bonchev–Trinajstić information content (AvgIpc) is 3.16. The minimum absolute atomic E-state index is 1.02. The third-order valence-corrected chi connectivity index (χ3v) is 12.6. The Morgan fingerprint density at radius 3 is 1.11 bits per heavy atom. The van der Waals surface area contributed by atoms with E-state index >= 15 is 0 Å². The van der Waals surface area contributed by atoms with Gasteiger partial charge in [0.25, 0.3) is 0 Å². The van der Waals surface area contributed by atoms with Crippen LogP contribution < -0.4 is 0 Å². The molecule has 3 rings (SSSR count). The quantitative estimate of drug-likeness (QED) is 0.618. The van der Waals surface area contributed by atoms with E-state index in [1.54, 1.807) is 0 Å². The lowest BCUT2D eigenvalue weighted by Gasteiger charge is -2.45. The molecule has 0 bridgehead atoms. The molecule has 0 spiro atoms. The average molecular weight is 267 g/mol. The van der Waals surface area contributed by atoms with Crippen molar-refractivity contribution >= 4 is 8.32 Å². The van der Waals surface area contributed by atoms with Gasteiger partial charge in [0.2, 0.25) is 8.32 Å². The van der Waals surface area contributed by atoms with Crippen LogP contribution in [0.5, 0.6) is 0 Å². The summed E-state index contributed by atoms with van der Waals surface area (Å²) in [6, 6.07) is 0. The van der Waals surface area contributed by atoms with Gasteiger partial charge in [-0.05, 0) is 16.6 Å². The summed E-state index contributed by atoms with van der Waals surface area (Å²) in [5.41, 5.74) is 3.07. The van der Waals surface area contributed by atoms with E-state index in [9.17, 15) is 0 Å². The van der Waals surface area contributed by atoms with Gasteiger partial charge in [-0.25, -0.2) is 0 Å². The number of hydrogen-bond donors (Lipinski definition) is 0. The van der Waals surface area contributed by atoms with Crippen LogP contribution in [0.3, 0.4) is 0 Å². The Morgan fingerprint density at radius 2 is 0.889 bits per heavy atom. The predicted octanol–water partition coefficient (Wildman–Crippen LogP) is 5.41. The Balaban J connectivity index is 1.87. The molecule has 18 heavy (non-hydrogen) atoms. The Labute approximate surface area is 114 Å². The SMILES string of the molecule is CO[Si](C1CCCC1)(C1CCCC1)C1CCCC1. The van der Waals surface area contributed by atoms with Crippen molar-refractivity contribution < 1.29 is 4.43 Å². The van der Waals surface area contributed by atoms with E-state index in [0.717, 1.165) is 16.6 Å². The van der Waals surface area contributed by atoms with Gasteiger partial charge in [0.15, 0.2) is 0 Å². The highest BCUT2D eigenvalue weighted by Gasteiger charge is 2.55. The fourth-order valence-corrected chi connectivity index (χ4v) is 12.6. The second kappa shape index (κ2) is 5.66. The third kappa shape index (κ3) is 2.09. The Morgan fingerprint density at radius 1 is 0.611 bits per heavy atom. The topological polar surface area (TPSA) is 9.23 Å². The molecule has 0 saturated heterocycles. The van der Waals surface area contributed by atoms with Crippen LogP contribution in [-0.2, 0) is 4.43 Å². The Kier molecular flexibility index (Phi) is 4.14. The molecule has 3 saturated carbocycles. The smallest absolute Gasteiger partial charge is 0.201 e. The number of hydrogen-bond acceptors (Lipinski definition) is 1. The maximum Gasteiger partial charge on any atom is 0.201 e. The Bertz CT molecular complexity index is 219. The molecule has 2 heteroatoms. The molecule has 0 radical (unpaired) electrons. The molecule has 0 aromatic carbocycles. The fourth-order valence-electron chi connectivity index (χ4n) is 5.63. The summed E-state index contributed by atoms with van der Waals surface area (Å²) >= 11 is 0. The Hall–Kier alpha value is 0.177. The molecule has 104 valence electrons. The van der Waals surface area contributed by atoms with Crippen LogP contribution in [-0.4, -0.2) is 15.4 Å². The second-order valence-electron chi connectivity index (χ2n) is 7.00. The van der Waals surface area contributed by atoms with Crippen LogP contribution in [0.15, 0.2) is 0 Å². The summed E-state index contributed by atoms with van der Waals surface area (Å²) in [6.45, 7) is 0. The zero-order chi connectivity index (χ0) is 12.4. The zero-order valence-electron chi connectivity index (χ0n) is 12.1. The van der Waals surface area contributed by atoms with E-state index in [1.807, 2.05) is 0 Å². The summed E-state index contributed by atoms with van der Waals surface area (Å²) in [5, 5.41) is 0. The highest BCUT2D eigenvalue weighted by molar-refractivity contribution is 6.78. The lowest BCUT2D eigenvalue weighted by Crippen LogP contribution is -2.49. The van der Waals surface area contributed by atoms with Crippen LogP contribution >= 0.6 is 0 Å². The molecule has 0 aromatic rings. The molecular formula is C16H30OSi. The zero-order valence-corrected chi connectivity index (χ0v) is 13.1. The normalized spacial score (nSPS) is 28.5. The van der Waals surface area contributed by atoms with E-state index in [2.05, 4.69) is 7.11 Å². The first-order chi connectivity index (χ1) is 8.88. The molecule has 3 aliphatic rings. The van der Waals surface area contributed by atoms with Crippen LogP contribution in [0.1, 0.15) is 77.0 Å². The molecule has 0 heterocycles. The van der Waals surface area contributed by atoms with Crippen LogP contribution in [0.25, 0.3) is 0 Å². The van der Waals surface area contributed by atoms with Crippen molar-refractivity contribution in [1.82, 2.24) is 0 Å². The monoisotopic (exact) mass is 266 g/mol. The second-order valence-corrected chi connectivity index (χ2v) is 11.6. The minimum atomic E-state index is -1.47. The van der Waals surface area contributed by atoms with E-state index in [-0.39, 0.29) is 0 Å². The predicted molar refractivity (Wildman–Crippen MR) is 79.4 cm³/mol. The summed E-state index contributed by atoms with van der Waals surface area (Å²) in [6.07, 6.45) is 18.0. The molecule has 0 amide bonds. The summed E-state index contributed by atoms with van der Waals surface area (Å²) in [5.74, 6) is 0. The van der Waals surface area contributed by atoms with Crippen LogP contribution in [0, 0.1) is 0 Å². The van der Waals surface area contributed by atoms with E-state index in [0.29, 0.717) is 0 Å². The summed E-state index contributed by atoms with van der Waals surface area (Å²) in [7, 11) is 0.628. The van der Waals surface area contributed by atoms with Crippen LogP contribution in [0.2, 0.25) is 16.6 Å². The summed E-state index contributed by atoms with van der Waals surface area (Å²) in [4.78, 5) is 0. The van der Waals surface area contributed by atoms with Gasteiger partial charge >= 0.3 is 0 Å². The number of rotatable bonds is 4. The first-order valence-electron chi connectivity index (χ1n) is 8.43. The van der Waals surface area contributed by atoms with Gasteiger partial charge in [-0.2, -0.15) is 0 Å². The third-order valence-electron chi connectivity index (χ3n) is 6.33. The molecule has 0 unspecified atom stereocenters. The van der Waals surface area contributed by atoms with Crippen molar-refractivity contribution in [3.05, 3.63) is 0 Å². The van der Waals surface area contributed by atoms with Gasteiger partial charge in [-0.3, -0.25) is 0 Å². The van der Waals surface area contributed by atoms with E-state index in [1.165, 1.54) is 77.0 Å². The molecule has 3 fully saturated rings. The molecular weight excluding hydrogens is 236 g/mol. The highest BCUT2D eigenvalue weighted by Crippen LogP contribution is 2.58. The van der Waals surface area contributed by atoms with Crippen molar-refractivity contribution in [2.45, 2.75) is 93.7 Å². The minimum Gasteiger partial charge on any atom is -0.419 e. The standard InChI is InChI=1S/C16H30OSi/c1-17-18(14-8-2-3-9-14,15-10-4-5-11-15)16-12-6-7-13-16/h14-16H,2-13H2,1H3. The lowest BCUT2D eigenvalue weighted by atomic mass is 10.3. The van der Waals surface area contributed by atoms with Gasteiger partial charge < -0.3 is 4.43 Å². The molecule has 0 aliphatic heterocycles. The summed E-state index contributed by atoms with van der Waals surface area (Å²) < 4.78 is 6.53. The van der Waals surface area contributed by atoms with Gasteiger partial charge in [-0.1, -0.05) is 77.0 Å².